The van der Waals surface area contributed by atoms with Crippen LogP contribution in [0.1, 0.15) is 27.2 Å². The summed E-state index contributed by atoms with van der Waals surface area (Å²) in [6, 6.07) is 8.83. The molecule has 0 saturated carbocycles. The number of benzene rings is 2. The molecular weight excluding hydrogens is 428 g/mol. The quantitative estimate of drug-likeness (QED) is 0.593. The number of carbonyl (C=O) groups is 1. The minimum Gasteiger partial charge on any atom is -0.316 e. The van der Waals surface area contributed by atoms with Crippen molar-refractivity contribution in [2.45, 2.75) is 19.3 Å². The average Bonchev–Trinajstić information content (AvgIpc) is 2.90. The number of amides is 1. The molecule has 1 N–H and O–H groups in total. The van der Waals surface area contributed by atoms with Crippen LogP contribution < -0.4 is 10.9 Å². The summed E-state index contributed by atoms with van der Waals surface area (Å²) in [6.45, 7) is 1.48. The molecule has 0 aliphatic carbocycles. The standard InChI is InChI=1S/C20H15F6N3O2/c1-11-16(18(31)29(28(11)2)15-6-4-3-5-7-15)27-17(30)12-8-13(19(21,22)23)10-14(9-12)20(24,25)26/h3-10H,1-2H3,(H,27,30). The van der Waals surface area contributed by atoms with E-state index in [-0.39, 0.29) is 17.4 Å². The Bertz CT molecular complexity index is 1160. The number of rotatable bonds is 3. The zero-order valence-electron chi connectivity index (χ0n) is 16.1. The predicted octanol–water partition coefficient (Wildman–Crippen LogP) is 4.77. The van der Waals surface area contributed by atoms with Crippen molar-refractivity contribution in [3.63, 3.8) is 0 Å². The van der Waals surface area contributed by atoms with E-state index in [0.29, 0.717) is 17.8 Å². The third-order valence-electron chi connectivity index (χ3n) is 4.64. The Morgan fingerprint density at radius 1 is 0.903 bits per heavy atom. The fraction of sp³-hybridized carbons (Fsp3) is 0.200. The van der Waals surface area contributed by atoms with Gasteiger partial charge < -0.3 is 5.32 Å². The van der Waals surface area contributed by atoms with Crippen LogP contribution in [0.4, 0.5) is 32.0 Å². The largest absolute Gasteiger partial charge is 0.416 e. The molecular formula is C20H15F6N3O2. The molecule has 31 heavy (non-hydrogen) atoms. The lowest BCUT2D eigenvalue weighted by Gasteiger charge is -2.14. The minimum absolute atomic E-state index is 0.0765. The van der Waals surface area contributed by atoms with Gasteiger partial charge in [0.15, 0.2) is 0 Å². The van der Waals surface area contributed by atoms with Gasteiger partial charge in [-0.25, -0.2) is 4.68 Å². The van der Waals surface area contributed by atoms with Gasteiger partial charge in [-0.15, -0.1) is 0 Å². The highest BCUT2D eigenvalue weighted by Gasteiger charge is 2.37. The lowest BCUT2D eigenvalue weighted by molar-refractivity contribution is -0.143. The topological polar surface area (TPSA) is 56.0 Å². The van der Waals surface area contributed by atoms with Gasteiger partial charge in [-0.2, -0.15) is 26.3 Å². The van der Waals surface area contributed by atoms with Crippen LogP contribution in [-0.2, 0) is 19.4 Å². The van der Waals surface area contributed by atoms with Gasteiger partial charge >= 0.3 is 12.4 Å². The van der Waals surface area contributed by atoms with Crippen LogP contribution in [0.25, 0.3) is 5.69 Å². The second kappa shape index (κ2) is 7.64. The number of hydrogen-bond acceptors (Lipinski definition) is 2. The molecule has 0 spiro atoms. The van der Waals surface area contributed by atoms with E-state index in [1.54, 1.807) is 30.3 Å². The number of para-hydroxylation sites is 1. The number of nitrogens with zero attached hydrogens (tertiary/aromatic N) is 2. The van der Waals surface area contributed by atoms with Gasteiger partial charge in [0, 0.05) is 12.6 Å². The van der Waals surface area contributed by atoms with Crippen LogP contribution in [0, 0.1) is 6.92 Å². The van der Waals surface area contributed by atoms with Crippen molar-refractivity contribution in [2.75, 3.05) is 5.32 Å². The van der Waals surface area contributed by atoms with Crippen LogP contribution in [0.3, 0.4) is 0 Å². The lowest BCUT2D eigenvalue weighted by Crippen LogP contribution is -2.23. The van der Waals surface area contributed by atoms with Crippen LogP contribution >= 0.6 is 0 Å². The van der Waals surface area contributed by atoms with E-state index in [2.05, 4.69) is 5.32 Å². The fourth-order valence-corrected chi connectivity index (χ4v) is 2.98. The molecule has 3 aromatic rings. The maximum atomic E-state index is 13.0. The molecule has 11 heteroatoms. The number of nitrogens with one attached hydrogen (secondary N) is 1. The minimum atomic E-state index is -5.10. The third kappa shape index (κ3) is 4.35. The molecule has 0 aliphatic rings. The first-order valence-corrected chi connectivity index (χ1v) is 8.75. The highest BCUT2D eigenvalue weighted by atomic mass is 19.4. The Kier molecular flexibility index (Phi) is 5.47. The Balaban J connectivity index is 2.06. The van der Waals surface area contributed by atoms with Crippen molar-refractivity contribution in [1.82, 2.24) is 9.36 Å². The zero-order chi connectivity index (χ0) is 23.1. The summed E-state index contributed by atoms with van der Waals surface area (Å²) in [5.41, 5.74) is -4.37. The molecule has 1 heterocycles. The maximum Gasteiger partial charge on any atom is 0.416 e. The van der Waals surface area contributed by atoms with E-state index >= 15 is 0 Å². The van der Waals surface area contributed by atoms with E-state index in [1.165, 1.54) is 23.3 Å². The molecule has 0 unspecified atom stereocenters. The first-order chi connectivity index (χ1) is 14.3. The molecule has 0 radical (unpaired) electrons. The predicted molar refractivity (Wildman–Crippen MR) is 100 cm³/mol. The van der Waals surface area contributed by atoms with Crippen LogP contribution in [0.2, 0.25) is 0 Å². The van der Waals surface area contributed by atoms with Gasteiger partial charge in [0.1, 0.15) is 5.69 Å². The second-order valence-corrected chi connectivity index (χ2v) is 6.69. The van der Waals surface area contributed by atoms with Crippen molar-refractivity contribution in [1.29, 1.82) is 0 Å². The van der Waals surface area contributed by atoms with Gasteiger partial charge in [0.2, 0.25) is 0 Å². The number of alkyl halides is 6. The molecule has 0 bridgehead atoms. The van der Waals surface area contributed by atoms with E-state index in [9.17, 15) is 35.9 Å². The summed E-state index contributed by atoms with van der Waals surface area (Å²) in [5.74, 6) is -1.28. The highest BCUT2D eigenvalue weighted by Crippen LogP contribution is 2.36. The van der Waals surface area contributed by atoms with Crippen molar-refractivity contribution in [3.05, 3.63) is 81.3 Å². The van der Waals surface area contributed by atoms with Crippen LogP contribution in [0.5, 0.6) is 0 Å². The van der Waals surface area contributed by atoms with Crippen LogP contribution in [0.15, 0.2) is 53.3 Å². The van der Waals surface area contributed by atoms with Gasteiger partial charge in [0.05, 0.1) is 22.5 Å². The second-order valence-electron chi connectivity index (χ2n) is 6.69. The summed E-state index contributed by atoms with van der Waals surface area (Å²) in [5, 5.41) is 2.16. The maximum absolute atomic E-state index is 13.0. The Labute approximate surface area is 171 Å². The smallest absolute Gasteiger partial charge is 0.316 e. The SMILES string of the molecule is Cc1c(NC(=O)c2cc(C(F)(F)F)cc(C(F)(F)F)c2)c(=O)n(-c2ccccc2)n1C. The van der Waals surface area contributed by atoms with E-state index in [4.69, 9.17) is 0 Å². The first kappa shape index (κ1) is 22.2. The van der Waals surface area contributed by atoms with E-state index in [1.807, 2.05) is 0 Å². The summed E-state index contributed by atoms with van der Waals surface area (Å²) < 4.78 is 80.9. The molecule has 0 saturated heterocycles. The molecule has 2 aromatic carbocycles. The van der Waals surface area contributed by atoms with Crippen molar-refractivity contribution in [3.8, 4) is 5.69 Å². The highest BCUT2D eigenvalue weighted by molar-refractivity contribution is 6.04. The third-order valence-corrected chi connectivity index (χ3v) is 4.64. The molecule has 0 aliphatic heterocycles. The molecule has 0 fully saturated rings. The number of aromatic nitrogens is 2. The van der Waals surface area contributed by atoms with Gasteiger partial charge in [-0.3, -0.25) is 14.3 Å². The normalized spacial score (nSPS) is 12.1. The number of halogens is 6. The van der Waals surface area contributed by atoms with Gasteiger partial charge in [-0.1, -0.05) is 18.2 Å². The number of carbonyl (C=O) groups excluding carboxylic acids is 1. The molecule has 1 aromatic heterocycles. The molecule has 0 atom stereocenters. The Morgan fingerprint density at radius 3 is 1.90 bits per heavy atom. The molecule has 1 amide bonds. The van der Waals surface area contributed by atoms with E-state index in [0.717, 1.165) is 0 Å². The fourth-order valence-electron chi connectivity index (χ4n) is 2.98. The summed E-state index contributed by atoms with van der Waals surface area (Å²) in [6.07, 6.45) is -10.2. The molecule has 164 valence electrons. The Hall–Kier alpha value is -3.50. The number of anilines is 1. The first-order valence-electron chi connectivity index (χ1n) is 8.75. The van der Waals surface area contributed by atoms with Crippen LogP contribution in [-0.4, -0.2) is 15.3 Å². The van der Waals surface area contributed by atoms with Crippen molar-refractivity contribution >= 4 is 11.6 Å². The van der Waals surface area contributed by atoms with E-state index < -0.39 is 40.5 Å². The molecule has 5 nitrogen and oxygen atoms in total. The summed E-state index contributed by atoms with van der Waals surface area (Å²) >= 11 is 0. The zero-order valence-corrected chi connectivity index (χ0v) is 16.1. The summed E-state index contributed by atoms with van der Waals surface area (Å²) in [7, 11) is 1.52. The average molecular weight is 443 g/mol. The number of hydrogen-bond donors (Lipinski definition) is 1. The summed E-state index contributed by atoms with van der Waals surface area (Å²) in [4.78, 5) is 25.3. The molecule has 3 rings (SSSR count). The lowest BCUT2D eigenvalue weighted by atomic mass is 10.0. The van der Waals surface area contributed by atoms with Gasteiger partial charge in [-0.05, 0) is 37.3 Å². The monoisotopic (exact) mass is 443 g/mol. The van der Waals surface area contributed by atoms with Crippen molar-refractivity contribution < 1.29 is 31.1 Å². The van der Waals surface area contributed by atoms with Gasteiger partial charge in [0.25, 0.3) is 11.5 Å². The van der Waals surface area contributed by atoms with Crippen molar-refractivity contribution in [2.24, 2.45) is 7.05 Å². The Morgan fingerprint density at radius 2 is 1.42 bits per heavy atom.